The Kier molecular flexibility index (Phi) is 10.3. The molecule has 0 radical (unpaired) electrons. The SMILES string of the molecule is C=C(C)/C(C)=C\C(=C)/C(C)=C/C(C)=C(C)C.CC. The Balaban J connectivity index is 0. The molecular weight excluding hydrogens is 216 g/mol. The minimum absolute atomic E-state index is 1.06. The smallest absolute Gasteiger partial charge is 0.0297 e. The monoisotopic (exact) mass is 246 g/mol. The molecular formula is C18H30. The van der Waals surface area contributed by atoms with Gasteiger partial charge in [0.25, 0.3) is 0 Å². The van der Waals surface area contributed by atoms with Crippen molar-refractivity contribution in [1.29, 1.82) is 0 Å². The van der Waals surface area contributed by atoms with Crippen molar-refractivity contribution in [2.45, 2.75) is 55.4 Å². The van der Waals surface area contributed by atoms with Gasteiger partial charge >= 0.3 is 0 Å². The molecule has 0 aliphatic heterocycles. The van der Waals surface area contributed by atoms with E-state index in [0.29, 0.717) is 0 Å². The van der Waals surface area contributed by atoms with Crippen molar-refractivity contribution >= 4 is 0 Å². The van der Waals surface area contributed by atoms with Gasteiger partial charge in [0.1, 0.15) is 0 Å². The summed E-state index contributed by atoms with van der Waals surface area (Å²) in [5, 5.41) is 0. The highest BCUT2D eigenvalue weighted by atomic mass is 14.0. The molecule has 0 aliphatic rings. The molecule has 0 fully saturated rings. The van der Waals surface area contributed by atoms with Gasteiger partial charge in [0.2, 0.25) is 0 Å². The summed E-state index contributed by atoms with van der Waals surface area (Å²) >= 11 is 0. The molecule has 0 aromatic heterocycles. The van der Waals surface area contributed by atoms with Gasteiger partial charge in [0.15, 0.2) is 0 Å². The number of allylic oxidation sites excluding steroid dienone is 8. The van der Waals surface area contributed by atoms with Crippen LogP contribution in [0.4, 0.5) is 0 Å². The van der Waals surface area contributed by atoms with E-state index in [-0.39, 0.29) is 0 Å². The van der Waals surface area contributed by atoms with Crippen LogP contribution in [0.3, 0.4) is 0 Å². The van der Waals surface area contributed by atoms with Crippen LogP contribution in [0.1, 0.15) is 55.4 Å². The third-order valence-corrected chi connectivity index (χ3v) is 2.79. The first-order valence-corrected chi connectivity index (χ1v) is 6.61. The fraction of sp³-hybridized carbons (Fsp3) is 0.444. The van der Waals surface area contributed by atoms with Crippen molar-refractivity contribution in [1.82, 2.24) is 0 Å². The first kappa shape index (κ1) is 19.0. The van der Waals surface area contributed by atoms with E-state index in [1.54, 1.807) is 0 Å². The highest BCUT2D eigenvalue weighted by Crippen LogP contribution is 2.17. The summed E-state index contributed by atoms with van der Waals surface area (Å²) in [6.07, 6.45) is 4.27. The summed E-state index contributed by atoms with van der Waals surface area (Å²) in [4.78, 5) is 0. The first-order valence-electron chi connectivity index (χ1n) is 6.61. The van der Waals surface area contributed by atoms with E-state index < -0.39 is 0 Å². The zero-order valence-corrected chi connectivity index (χ0v) is 13.6. The Labute approximate surface area is 115 Å². The third kappa shape index (κ3) is 7.89. The molecule has 0 nitrogen and oxygen atoms in total. The third-order valence-electron chi connectivity index (χ3n) is 2.79. The van der Waals surface area contributed by atoms with Crippen LogP contribution in [0.5, 0.6) is 0 Å². The Bertz CT molecular complexity index is 380. The van der Waals surface area contributed by atoms with Crippen LogP contribution in [0.15, 0.2) is 58.7 Å². The molecule has 0 unspecified atom stereocenters. The summed E-state index contributed by atoms with van der Waals surface area (Å²) in [5.41, 5.74) is 7.19. The largest absolute Gasteiger partial charge is 0.0958 e. The maximum absolute atomic E-state index is 4.08. The highest BCUT2D eigenvalue weighted by Gasteiger charge is 1.97. The summed E-state index contributed by atoms with van der Waals surface area (Å²) in [6.45, 7) is 24.5. The summed E-state index contributed by atoms with van der Waals surface area (Å²) < 4.78 is 0. The van der Waals surface area contributed by atoms with Crippen molar-refractivity contribution in [3.63, 3.8) is 0 Å². The second kappa shape index (κ2) is 9.70. The van der Waals surface area contributed by atoms with Crippen LogP contribution in [0.2, 0.25) is 0 Å². The van der Waals surface area contributed by atoms with E-state index in [1.165, 1.54) is 22.3 Å². The molecule has 102 valence electrons. The van der Waals surface area contributed by atoms with Gasteiger partial charge in [-0.2, -0.15) is 0 Å². The van der Waals surface area contributed by atoms with Crippen molar-refractivity contribution in [2.75, 3.05) is 0 Å². The van der Waals surface area contributed by atoms with Gasteiger partial charge < -0.3 is 0 Å². The fourth-order valence-corrected chi connectivity index (χ4v) is 1.06. The Morgan fingerprint density at radius 1 is 0.722 bits per heavy atom. The minimum atomic E-state index is 1.06. The molecule has 0 aromatic rings. The molecule has 0 aromatic carbocycles. The van der Waals surface area contributed by atoms with Crippen molar-refractivity contribution in [2.24, 2.45) is 0 Å². The lowest BCUT2D eigenvalue weighted by Crippen LogP contribution is -1.85. The van der Waals surface area contributed by atoms with Gasteiger partial charge in [-0.15, -0.1) is 0 Å². The maximum Gasteiger partial charge on any atom is -0.0297 e. The zero-order chi connectivity index (χ0) is 14.9. The van der Waals surface area contributed by atoms with Crippen molar-refractivity contribution < 1.29 is 0 Å². The topological polar surface area (TPSA) is 0 Å². The van der Waals surface area contributed by atoms with Gasteiger partial charge in [-0.05, 0) is 58.3 Å². The number of hydrogen-bond acceptors (Lipinski definition) is 0. The second-order valence-electron chi connectivity index (χ2n) is 4.64. The molecule has 0 heteroatoms. The summed E-state index contributed by atoms with van der Waals surface area (Å²) in [6, 6.07) is 0. The molecule has 0 atom stereocenters. The zero-order valence-electron chi connectivity index (χ0n) is 13.6. The van der Waals surface area contributed by atoms with E-state index in [1.807, 2.05) is 20.8 Å². The fourth-order valence-electron chi connectivity index (χ4n) is 1.06. The van der Waals surface area contributed by atoms with Crippen molar-refractivity contribution in [3.8, 4) is 0 Å². The van der Waals surface area contributed by atoms with E-state index in [9.17, 15) is 0 Å². The van der Waals surface area contributed by atoms with Gasteiger partial charge in [0, 0.05) is 0 Å². The molecule has 0 spiro atoms. The molecule has 0 amide bonds. The quantitative estimate of drug-likeness (QED) is 0.504. The van der Waals surface area contributed by atoms with E-state index in [2.05, 4.69) is 59.9 Å². The van der Waals surface area contributed by atoms with Crippen LogP contribution >= 0.6 is 0 Å². The molecule has 0 rings (SSSR count). The van der Waals surface area contributed by atoms with E-state index >= 15 is 0 Å². The molecule has 18 heavy (non-hydrogen) atoms. The van der Waals surface area contributed by atoms with E-state index in [4.69, 9.17) is 0 Å². The normalized spacial score (nSPS) is 11.3. The predicted molar refractivity (Wildman–Crippen MR) is 86.9 cm³/mol. The molecule has 0 aliphatic carbocycles. The van der Waals surface area contributed by atoms with Gasteiger partial charge in [0.05, 0.1) is 0 Å². The predicted octanol–water partition coefficient (Wildman–Crippen LogP) is 6.39. The minimum Gasteiger partial charge on any atom is -0.0958 e. The van der Waals surface area contributed by atoms with Crippen LogP contribution in [-0.4, -0.2) is 0 Å². The Morgan fingerprint density at radius 3 is 1.50 bits per heavy atom. The van der Waals surface area contributed by atoms with Crippen LogP contribution in [0, 0.1) is 0 Å². The van der Waals surface area contributed by atoms with Crippen molar-refractivity contribution in [3.05, 3.63) is 58.7 Å². The van der Waals surface area contributed by atoms with Crippen LogP contribution in [-0.2, 0) is 0 Å². The highest BCUT2D eigenvalue weighted by molar-refractivity contribution is 5.44. The lowest BCUT2D eigenvalue weighted by Gasteiger charge is -2.05. The van der Waals surface area contributed by atoms with Crippen LogP contribution < -0.4 is 0 Å². The van der Waals surface area contributed by atoms with Crippen LogP contribution in [0.25, 0.3) is 0 Å². The first-order chi connectivity index (χ1) is 8.25. The molecule has 0 saturated heterocycles. The lowest BCUT2D eigenvalue weighted by atomic mass is 10.0. The molecule has 0 saturated carbocycles. The molecule has 0 N–H and O–H groups in total. The summed E-state index contributed by atoms with van der Waals surface area (Å²) in [5.74, 6) is 0. The van der Waals surface area contributed by atoms with Gasteiger partial charge in [-0.1, -0.05) is 55.9 Å². The van der Waals surface area contributed by atoms with Gasteiger partial charge in [-0.25, -0.2) is 0 Å². The average Bonchev–Trinajstić information content (AvgIpc) is 2.30. The standard InChI is InChI=1S/C16H24.C2H6/c1-11(2)13(5)9-15(7)16(8)10-14(6)12(3)4;1-2/h9-10H,1,7H2,2-6,8H3;1-2H3/b13-9-,16-10+;. The molecule has 0 heterocycles. The van der Waals surface area contributed by atoms with Gasteiger partial charge in [-0.3, -0.25) is 0 Å². The van der Waals surface area contributed by atoms with E-state index in [0.717, 1.165) is 11.1 Å². The number of rotatable bonds is 4. The molecule has 0 bridgehead atoms. The maximum atomic E-state index is 4.08. The average molecular weight is 246 g/mol. The Hall–Kier alpha value is -1.30. The second-order valence-corrected chi connectivity index (χ2v) is 4.64. The lowest BCUT2D eigenvalue weighted by molar-refractivity contribution is 1.26. The Morgan fingerprint density at radius 2 is 1.17 bits per heavy atom. The summed E-state index contributed by atoms with van der Waals surface area (Å²) in [7, 11) is 0. The number of hydrogen-bond donors (Lipinski definition) is 0.